The third-order valence-corrected chi connectivity index (χ3v) is 4.01. The minimum atomic E-state index is 0.462. The lowest BCUT2D eigenvalue weighted by molar-refractivity contribution is 0.208. The Labute approximate surface area is 99.4 Å². The molecule has 0 spiro atoms. The van der Waals surface area contributed by atoms with E-state index in [0.717, 1.165) is 18.9 Å². The van der Waals surface area contributed by atoms with Gasteiger partial charge in [0.05, 0.1) is 12.6 Å². The van der Waals surface area contributed by atoms with Gasteiger partial charge in [-0.05, 0) is 31.9 Å². The van der Waals surface area contributed by atoms with Crippen LogP contribution in [0.15, 0.2) is 11.8 Å². The molecule has 1 atom stereocenters. The third kappa shape index (κ3) is 3.24. The number of nitrogens with one attached hydrogen (secondary N) is 1. The van der Waals surface area contributed by atoms with E-state index in [1.54, 1.807) is 0 Å². The van der Waals surface area contributed by atoms with Gasteiger partial charge in [-0.1, -0.05) is 32.1 Å². The van der Waals surface area contributed by atoms with E-state index in [9.17, 15) is 0 Å². The van der Waals surface area contributed by atoms with Gasteiger partial charge in [-0.2, -0.15) is 0 Å². The van der Waals surface area contributed by atoms with Gasteiger partial charge in [-0.3, -0.25) is 0 Å². The summed E-state index contributed by atoms with van der Waals surface area (Å²) in [4.78, 5) is 0. The molecule has 1 aliphatic heterocycles. The average molecular weight is 223 g/mol. The van der Waals surface area contributed by atoms with Crippen LogP contribution in [0.2, 0.25) is 0 Å². The molecule has 0 aromatic rings. The van der Waals surface area contributed by atoms with E-state index in [1.165, 1.54) is 50.7 Å². The molecule has 2 rings (SSSR count). The van der Waals surface area contributed by atoms with Crippen molar-refractivity contribution >= 4 is 0 Å². The summed E-state index contributed by atoms with van der Waals surface area (Å²) < 4.78 is 5.64. The summed E-state index contributed by atoms with van der Waals surface area (Å²) in [7, 11) is 2.05. The SMILES string of the molecule is CNC(CCC1CCCCC1)C1=CCCO1. The summed E-state index contributed by atoms with van der Waals surface area (Å²) >= 11 is 0. The highest BCUT2D eigenvalue weighted by Gasteiger charge is 2.20. The average Bonchev–Trinajstić information content (AvgIpc) is 2.85. The second kappa shape index (κ2) is 6.29. The topological polar surface area (TPSA) is 21.3 Å². The molecule has 2 nitrogen and oxygen atoms in total. The smallest absolute Gasteiger partial charge is 0.109 e. The molecular formula is C14H25NO. The summed E-state index contributed by atoms with van der Waals surface area (Å²) in [5.41, 5.74) is 0. The quantitative estimate of drug-likeness (QED) is 0.772. The highest BCUT2D eigenvalue weighted by molar-refractivity contribution is 5.06. The van der Waals surface area contributed by atoms with Crippen molar-refractivity contribution in [1.82, 2.24) is 5.32 Å². The van der Waals surface area contributed by atoms with Crippen molar-refractivity contribution < 1.29 is 4.74 Å². The Balaban J connectivity index is 1.73. The van der Waals surface area contributed by atoms with Gasteiger partial charge < -0.3 is 10.1 Å². The second-order valence-electron chi connectivity index (χ2n) is 5.17. The van der Waals surface area contributed by atoms with E-state index in [4.69, 9.17) is 4.74 Å². The first-order valence-electron chi connectivity index (χ1n) is 6.90. The lowest BCUT2D eigenvalue weighted by Crippen LogP contribution is -2.28. The molecule has 0 radical (unpaired) electrons. The fourth-order valence-corrected chi connectivity index (χ4v) is 2.99. The van der Waals surface area contributed by atoms with Crippen LogP contribution in [0.3, 0.4) is 0 Å². The van der Waals surface area contributed by atoms with Gasteiger partial charge >= 0.3 is 0 Å². The Morgan fingerprint density at radius 1 is 1.38 bits per heavy atom. The van der Waals surface area contributed by atoms with E-state index in [2.05, 4.69) is 11.4 Å². The summed E-state index contributed by atoms with van der Waals surface area (Å²) in [6.45, 7) is 0.886. The van der Waals surface area contributed by atoms with Crippen LogP contribution in [-0.2, 0) is 4.74 Å². The molecule has 0 aromatic heterocycles. The lowest BCUT2D eigenvalue weighted by atomic mass is 9.85. The van der Waals surface area contributed by atoms with Crippen LogP contribution in [0, 0.1) is 5.92 Å². The molecule has 2 aliphatic rings. The Bertz CT molecular complexity index is 231. The van der Waals surface area contributed by atoms with Gasteiger partial charge in [0.1, 0.15) is 5.76 Å². The van der Waals surface area contributed by atoms with Crippen molar-refractivity contribution in [3.8, 4) is 0 Å². The van der Waals surface area contributed by atoms with Crippen molar-refractivity contribution in [2.24, 2.45) is 5.92 Å². The summed E-state index contributed by atoms with van der Waals surface area (Å²) in [5, 5.41) is 3.39. The zero-order valence-electron chi connectivity index (χ0n) is 10.5. The van der Waals surface area contributed by atoms with E-state index >= 15 is 0 Å². The molecule has 2 heteroatoms. The van der Waals surface area contributed by atoms with Gasteiger partial charge in [0.15, 0.2) is 0 Å². The first-order valence-corrected chi connectivity index (χ1v) is 6.90. The highest BCUT2D eigenvalue weighted by atomic mass is 16.5. The van der Waals surface area contributed by atoms with Crippen molar-refractivity contribution in [2.45, 2.75) is 57.4 Å². The van der Waals surface area contributed by atoms with Gasteiger partial charge in [0, 0.05) is 6.42 Å². The first-order chi connectivity index (χ1) is 7.90. The maximum atomic E-state index is 5.64. The van der Waals surface area contributed by atoms with E-state index in [-0.39, 0.29) is 0 Å². The van der Waals surface area contributed by atoms with Crippen LogP contribution >= 0.6 is 0 Å². The molecule has 1 saturated carbocycles. The Morgan fingerprint density at radius 2 is 2.19 bits per heavy atom. The molecule has 0 saturated heterocycles. The maximum absolute atomic E-state index is 5.64. The van der Waals surface area contributed by atoms with E-state index in [1.807, 2.05) is 7.05 Å². The standard InChI is InChI=1S/C14H25NO/c1-15-13(14-8-5-11-16-14)10-9-12-6-3-2-4-7-12/h8,12-13,15H,2-7,9-11H2,1H3. The van der Waals surface area contributed by atoms with Gasteiger partial charge in [0.25, 0.3) is 0 Å². The Morgan fingerprint density at radius 3 is 2.81 bits per heavy atom. The minimum Gasteiger partial charge on any atom is -0.496 e. The molecule has 92 valence electrons. The van der Waals surface area contributed by atoms with Gasteiger partial charge in [-0.15, -0.1) is 0 Å². The zero-order chi connectivity index (χ0) is 11.2. The highest BCUT2D eigenvalue weighted by Crippen LogP contribution is 2.29. The molecule has 1 N–H and O–H groups in total. The second-order valence-corrected chi connectivity index (χ2v) is 5.17. The number of likely N-dealkylation sites (N-methyl/N-ethyl adjacent to an activating group) is 1. The van der Waals surface area contributed by atoms with Crippen molar-refractivity contribution in [1.29, 1.82) is 0 Å². The molecule has 0 amide bonds. The summed E-state index contributed by atoms with van der Waals surface area (Å²) in [6, 6.07) is 0.462. The molecule has 1 fully saturated rings. The van der Waals surface area contributed by atoms with Crippen molar-refractivity contribution in [3.05, 3.63) is 11.8 Å². The van der Waals surface area contributed by atoms with Gasteiger partial charge in [0.2, 0.25) is 0 Å². The minimum absolute atomic E-state index is 0.462. The fourth-order valence-electron chi connectivity index (χ4n) is 2.99. The van der Waals surface area contributed by atoms with Crippen LogP contribution in [-0.4, -0.2) is 19.7 Å². The monoisotopic (exact) mass is 223 g/mol. The van der Waals surface area contributed by atoms with Crippen molar-refractivity contribution in [2.75, 3.05) is 13.7 Å². The van der Waals surface area contributed by atoms with E-state index in [0.29, 0.717) is 6.04 Å². The maximum Gasteiger partial charge on any atom is 0.109 e. The molecule has 1 heterocycles. The molecule has 0 aromatic carbocycles. The Kier molecular flexibility index (Phi) is 4.70. The fraction of sp³-hybridized carbons (Fsp3) is 0.857. The van der Waals surface area contributed by atoms with Crippen LogP contribution in [0.5, 0.6) is 0 Å². The first kappa shape index (κ1) is 12.0. The number of ether oxygens (including phenoxy) is 1. The molecule has 16 heavy (non-hydrogen) atoms. The number of rotatable bonds is 5. The largest absolute Gasteiger partial charge is 0.496 e. The molecule has 0 bridgehead atoms. The number of hydrogen-bond donors (Lipinski definition) is 1. The van der Waals surface area contributed by atoms with Crippen LogP contribution in [0.1, 0.15) is 51.4 Å². The lowest BCUT2D eigenvalue weighted by Gasteiger charge is -2.24. The number of hydrogen-bond acceptors (Lipinski definition) is 2. The third-order valence-electron chi connectivity index (χ3n) is 4.01. The van der Waals surface area contributed by atoms with Crippen LogP contribution < -0.4 is 5.32 Å². The molecule has 1 unspecified atom stereocenters. The predicted molar refractivity (Wildman–Crippen MR) is 67.3 cm³/mol. The van der Waals surface area contributed by atoms with Crippen LogP contribution in [0.4, 0.5) is 0 Å². The molecule has 1 aliphatic carbocycles. The zero-order valence-corrected chi connectivity index (χ0v) is 10.5. The summed E-state index contributed by atoms with van der Waals surface area (Å²) in [6.07, 6.45) is 13.2. The summed E-state index contributed by atoms with van der Waals surface area (Å²) in [5.74, 6) is 2.17. The van der Waals surface area contributed by atoms with E-state index < -0.39 is 0 Å². The normalized spacial score (nSPS) is 23.9. The van der Waals surface area contributed by atoms with Crippen molar-refractivity contribution in [3.63, 3.8) is 0 Å². The molecular weight excluding hydrogens is 198 g/mol. The Hall–Kier alpha value is -0.500. The van der Waals surface area contributed by atoms with Crippen LogP contribution in [0.25, 0.3) is 0 Å². The van der Waals surface area contributed by atoms with Gasteiger partial charge in [-0.25, -0.2) is 0 Å². The predicted octanol–water partition coefficient (Wildman–Crippen LogP) is 3.24.